The molecule has 6 nitrogen and oxygen atoms in total. The highest BCUT2D eigenvalue weighted by Crippen LogP contribution is 2.29. The van der Waals surface area contributed by atoms with Crippen LogP contribution in [0, 0.1) is 0 Å². The monoisotopic (exact) mass is 307 g/mol. The van der Waals surface area contributed by atoms with Gasteiger partial charge in [-0.05, 0) is 25.1 Å². The number of nitrogens with one attached hydrogen (secondary N) is 2. The third-order valence-corrected chi connectivity index (χ3v) is 4.07. The van der Waals surface area contributed by atoms with Gasteiger partial charge in [0.15, 0.2) is 5.13 Å². The Bertz CT molecular complexity index is 637. The lowest BCUT2D eigenvalue weighted by Gasteiger charge is -2.22. The minimum absolute atomic E-state index is 0.112. The first kappa shape index (κ1) is 14.2. The molecule has 21 heavy (non-hydrogen) atoms. The minimum atomic E-state index is -0.315. The normalized spacial score (nSPS) is 18.6. The van der Waals surface area contributed by atoms with E-state index < -0.39 is 0 Å². The average Bonchev–Trinajstić information content (AvgIpc) is 2.90. The number of anilines is 1. The summed E-state index contributed by atoms with van der Waals surface area (Å²) in [6.45, 7) is 4.30. The predicted octanol–water partition coefficient (Wildman–Crippen LogP) is 1.62. The van der Waals surface area contributed by atoms with E-state index in [1.54, 1.807) is 0 Å². The second-order valence-electron chi connectivity index (χ2n) is 4.65. The van der Waals surface area contributed by atoms with Gasteiger partial charge in [0, 0.05) is 6.54 Å². The van der Waals surface area contributed by atoms with Crippen molar-refractivity contribution < 1.29 is 14.3 Å². The molecule has 0 bridgehead atoms. The fraction of sp³-hybridized carbons (Fsp3) is 0.429. The van der Waals surface area contributed by atoms with Gasteiger partial charge in [0.05, 0.1) is 30.0 Å². The van der Waals surface area contributed by atoms with E-state index in [0.717, 1.165) is 16.0 Å². The van der Waals surface area contributed by atoms with Crippen molar-refractivity contribution in [1.82, 2.24) is 10.3 Å². The number of carbonyl (C=O) groups is 1. The van der Waals surface area contributed by atoms with E-state index in [1.807, 2.05) is 25.1 Å². The molecule has 7 heteroatoms. The highest BCUT2D eigenvalue weighted by atomic mass is 32.1. The van der Waals surface area contributed by atoms with Crippen molar-refractivity contribution >= 4 is 32.6 Å². The standard InChI is InChI=1S/C14H17N3O3S/c1-2-20-9-3-4-10-12(7-9)21-14(16-10)17-13(18)11-8-19-6-5-15-11/h3-4,7,11,15H,2,5-6,8H2,1H3,(H,16,17,18). The van der Waals surface area contributed by atoms with Crippen molar-refractivity contribution in [3.05, 3.63) is 18.2 Å². The van der Waals surface area contributed by atoms with Gasteiger partial charge < -0.3 is 20.1 Å². The maximum Gasteiger partial charge on any atom is 0.245 e. The molecule has 0 spiro atoms. The average molecular weight is 307 g/mol. The molecule has 1 fully saturated rings. The van der Waals surface area contributed by atoms with E-state index in [-0.39, 0.29) is 11.9 Å². The second kappa shape index (κ2) is 6.38. The van der Waals surface area contributed by atoms with Crippen molar-refractivity contribution in [2.24, 2.45) is 0 Å². The topological polar surface area (TPSA) is 72.5 Å². The number of amides is 1. The van der Waals surface area contributed by atoms with Gasteiger partial charge in [0.1, 0.15) is 11.8 Å². The van der Waals surface area contributed by atoms with E-state index in [0.29, 0.717) is 31.5 Å². The lowest BCUT2D eigenvalue weighted by molar-refractivity contribution is -0.120. The Hall–Kier alpha value is -1.70. The van der Waals surface area contributed by atoms with Gasteiger partial charge in [-0.2, -0.15) is 0 Å². The number of benzene rings is 1. The molecule has 1 amide bonds. The Morgan fingerprint density at radius 1 is 1.62 bits per heavy atom. The molecule has 0 radical (unpaired) electrons. The van der Waals surface area contributed by atoms with Crippen LogP contribution in [0.1, 0.15) is 6.92 Å². The summed E-state index contributed by atoms with van der Waals surface area (Å²) < 4.78 is 11.7. The van der Waals surface area contributed by atoms with Crippen LogP contribution in [-0.2, 0) is 9.53 Å². The van der Waals surface area contributed by atoms with Gasteiger partial charge in [-0.3, -0.25) is 4.79 Å². The molecule has 0 saturated carbocycles. The highest BCUT2D eigenvalue weighted by molar-refractivity contribution is 7.22. The maximum atomic E-state index is 12.1. The van der Waals surface area contributed by atoms with Crippen molar-refractivity contribution in [1.29, 1.82) is 0 Å². The molecule has 1 aromatic carbocycles. The van der Waals surface area contributed by atoms with E-state index in [9.17, 15) is 4.79 Å². The van der Waals surface area contributed by atoms with Gasteiger partial charge in [-0.25, -0.2) is 4.98 Å². The first-order valence-corrected chi connectivity index (χ1v) is 7.73. The third kappa shape index (κ3) is 3.31. The van der Waals surface area contributed by atoms with Gasteiger partial charge in [-0.15, -0.1) is 0 Å². The quantitative estimate of drug-likeness (QED) is 0.898. The first-order valence-electron chi connectivity index (χ1n) is 6.91. The van der Waals surface area contributed by atoms with Gasteiger partial charge in [-0.1, -0.05) is 11.3 Å². The Morgan fingerprint density at radius 2 is 2.52 bits per heavy atom. The lowest BCUT2D eigenvalue weighted by Crippen LogP contribution is -2.48. The molecular weight excluding hydrogens is 290 g/mol. The number of morpholine rings is 1. The molecular formula is C14H17N3O3S. The molecule has 2 N–H and O–H groups in total. The summed E-state index contributed by atoms with van der Waals surface area (Å²) in [6.07, 6.45) is 0. The van der Waals surface area contributed by atoms with Crippen LogP contribution in [-0.4, -0.2) is 43.3 Å². The van der Waals surface area contributed by atoms with E-state index in [4.69, 9.17) is 9.47 Å². The summed E-state index contributed by atoms with van der Waals surface area (Å²) in [5.41, 5.74) is 0.853. The maximum absolute atomic E-state index is 12.1. The number of fused-ring (bicyclic) bond motifs is 1. The van der Waals surface area contributed by atoms with E-state index >= 15 is 0 Å². The number of hydrogen-bond acceptors (Lipinski definition) is 6. The molecule has 1 saturated heterocycles. The number of nitrogens with zero attached hydrogens (tertiary/aromatic N) is 1. The van der Waals surface area contributed by atoms with E-state index in [1.165, 1.54) is 11.3 Å². The van der Waals surface area contributed by atoms with E-state index in [2.05, 4.69) is 15.6 Å². The smallest absolute Gasteiger partial charge is 0.245 e. The van der Waals surface area contributed by atoms with Crippen molar-refractivity contribution in [3.8, 4) is 5.75 Å². The number of carbonyl (C=O) groups excluding carboxylic acids is 1. The number of thiazole rings is 1. The van der Waals surface area contributed by atoms with Crippen molar-refractivity contribution in [2.45, 2.75) is 13.0 Å². The molecule has 1 unspecified atom stereocenters. The third-order valence-electron chi connectivity index (χ3n) is 3.14. The second-order valence-corrected chi connectivity index (χ2v) is 5.68. The molecule has 1 aliphatic heterocycles. The van der Waals surface area contributed by atoms with Crippen molar-refractivity contribution in [2.75, 3.05) is 31.7 Å². The van der Waals surface area contributed by atoms with Crippen LogP contribution in [0.25, 0.3) is 10.2 Å². The number of hydrogen-bond donors (Lipinski definition) is 2. The molecule has 1 atom stereocenters. The molecule has 1 aliphatic rings. The summed E-state index contributed by atoms with van der Waals surface area (Å²) in [5, 5.41) is 6.55. The Labute approximate surface area is 126 Å². The zero-order chi connectivity index (χ0) is 14.7. The van der Waals surface area contributed by atoms with Gasteiger partial charge >= 0.3 is 0 Å². The minimum Gasteiger partial charge on any atom is -0.494 e. The van der Waals surface area contributed by atoms with Crippen LogP contribution >= 0.6 is 11.3 Å². The summed E-state index contributed by atoms with van der Waals surface area (Å²) in [7, 11) is 0. The van der Waals surface area contributed by atoms with Gasteiger partial charge in [0.2, 0.25) is 5.91 Å². The lowest BCUT2D eigenvalue weighted by atomic mass is 10.2. The fourth-order valence-corrected chi connectivity index (χ4v) is 3.04. The summed E-state index contributed by atoms with van der Waals surface area (Å²) in [4.78, 5) is 16.5. The van der Waals surface area contributed by atoms with Crippen LogP contribution in [0.3, 0.4) is 0 Å². The van der Waals surface area contributed by atoms with Gasteiger partial charge in [0.25, 0.3) is 0 Å². The summed E-state index contributed by atoms with van der Waals surface area (Å²) in [6, 6.07) is 5.40. The fourth-order valence-electron chi connectivity index (χ4n) is 2.14. The molecule has 3 rings (SSSR count). The number of ether oxygens (including phenoxy) is 2. The molecule has 112 valence electrons. The van der Waals surface area contributed by atoms with Crippen molar-refractivity contribution in [3.63, 3.8) is 0 Å². The van der Waals surface area contributed by atoms with Crippen LogP contribution in [0.2, 0.25) is 0 Å². The van der Waals surface area contributed by atoms with Crippen LogP contribution in [0.15, 0.2) is 18.2 Å². The Morgan fingerprint density at radius 3 is 3.29 bits per heavy atom. The number of rotatable bonds is 4. The zero-order valence-corrected chi connectivity index (χ0v) is 12.5. The molecule has 2 aromatic rings. The Balaban J connectivity index is 1.73. The molecule has 1 aromatic heterocycles. The Kier molecular flexibility index (Phi) is 4.33. The van der Waals surface area contributed by atoms with Crippen LogP contribution in [0.4, 0.5) is 5.13 Å². The predicted molar refractivity (Wildman–Crippen MR) is 82.0 cm³/mol. The van der Waals surface area contributed by atoms with Crippen LogP contribution < -0.4 is 15.4 Å². The number of aromatic nitrogens is 1. The summed E-state index contributed by atoms with van der Waals surface area (Å²) >= 11 is 1.44. The zero-order valence-electron chi connectivity index (χ0n) is 11.7. The molecule has 2 heterocycles. The summed E-state index contributed by atoms with van der Waals surface area (Å²) in [5.74, 6) is 0.702. The van der Waals surface area contributed by atoms with Crippen LogP contribution in [0.5, 0.6) is 5.75 Å². The largest absolute Gasteiger partial charge is 0.494 e. The highest BCUT2D eigenvalue weighted by Gasteiger charge is 2.22. The first-order chi connectivity index (χ1) is 10.3. The SMILES string of the molecule is CCOc1ccc2nc(NC(=O)C3COCCN3)sc2c1. The molecule has 0 aliphatic carbocycles.